The van der Waals surface area contributed by atoms with E-state index in [9.17, 15) is 19.4 Å². The lowest BCUT2D eigenvalue weighted by molar-refractivity contribution is -0.125. The standard InChI is InChI=1S/C17H18FN7O3S/c1-9-13(20-8-29-9)17(15(27)22-16(28)23-17)7-19-14(26)12-6-21-25(24-12)11-4-2-10(18)3-5-11/h2-6,8,14,16,19,23,26,28H,7H2,1H3,(H,22,27). The van der Waals surface area contributed by atoms with E-state index in [2.05, 4.69) is 31.1 Å². The third-order valence-corrected chi connectivity index (χ3v) is 5.35. The fourth-order valence-corrected chi connectivity index (χ4v) is 3.80. The number of halogens is 1. The average Bonchev–Trinajstić information content (AvgIpc) is 3.40. The van der Waals surface area contributed by atoms with Crippen LogP contribution in [0.25, 0.3) is 5.69 Å². The van der Waals surface area contributed by atoms with Crippen LogP contribution in [0, 0.1) is 12.7 Å². The first-order valence-electron chi connectivity index (χ1n) is 8.66. The van der Waals surface area contributed by atoms with E-state index in [1.54, 1.807) is 5.51 Å². The Kier molecular flexibility index (Phi) is 5.10. The molecular weight excluding hydrogens is 401 g/mol. The van der Waals surface area contributed by atoms with Crippen molar-refractivity contribution in [3.05, 3.63) is 58.1 Å². The highest BCUT2D eigenvalue weighted by atomic mass is 32.1. The molecule has 1 aromatic carbocycles. The molecule has 1 aliphatic heterocycles. The van der Waals surface area contributed by atoms with Crippen LogP contribution in [0.4, 0.5) is 4.39 Å². The highest BCUT2D eigenvalue weighted by Gasteiger charge is 2.50. The van der Waals surface area contributed by atoms with Crippen molar-refractivity contribution in [3.63, 3.8) is 0 Å². The molecule has 3 heterocycles. The highest BCUT2D eigenvalue weighted by Crippen LogP contribution is 2.29. The molecule has 10 nitrogen and oxygen atoms in total. The van der Waals surface area contributed by atoms with Gasteiger partial charge in [-0.3, -0.25) is 15.4 Å². The molecule has 3 unspecified atom stereocenters. The van der Waals surface area contributed by atoms with Crippen LogP contribution >= 0.6 is 11.3 Å². The number of hydrogen-bond acceptors (Lipinski definition) is 9. The summed E-state index contributed by atoms with van der Waals surface area (Å²) in [6, 6.07) is 5.57. The Balaban J connectivity index is 1.52. The molecule has 152 valence electrons. The number of carbonyl (C=O) groups is 1. The molecule has 0 radical (unpaired) electrons. The van der Waals surface area contributed by atoms with Crippen LogP contribution in [0.1, 0.15) is 22.5 Å². The Morgan fingerprint density at radius 1 is 1.41 bits per heavy atom. The number of aromatic nitrogens is 4. The van der Waals surface area contributed by atoms with Crippen molar-refractivity contribution in [3.8, 4) is 5.69 Å². The Morgan fingerprint density at radius 2 is 2.17 bits per heavy atom. The van der Waals surface area contributed by atoms with E-state index < -0.39 is 24.0 Å². The van der Waals surface area contributed by atoms with Gasteiger partial charge in [0.25, 0.3) is 5.91 Å². The number of benzene rings is 1. The molecule has 0 spiro atoms. The van der Waals surface area contributed by atoms with Gasteiger partial charge in [0.05, 0.1) is 23.1 Å². The van der Waals surface area contributed by atoms with Crippen LogP contribution in [0.2, 0.25) is 0 Å². The van der Waals surface area contributed by atoms with E-state index in [0.717, 1.165) is 4.88 Å². The van der Waals surface area contributed by atoms with Crippen LogP contribution in [0.5, 0.6) is 0 Å². The quantitative estimate of drug-likeness (QED) is 0.342. The lowest BCUT2D eigenvalue weighted by atomic mass is 9.94. The van der Waals surface area contributed by atoms with Crippen LogP contribution in [0.15, 0.2) is 36.0 Å². The van der Waals surface area contributed by atoms with Gasteiger partial charge in [0.2, 0.25) is 0 Å². The molecule has 1 fully saturated rings. The van der Waals surface area contributed by atoms with Crippen molar-refractivity contribution >= 4 is 17.2 Å². The first-order chi connectivity index (χ1) is 13.9. The van der Waals surface area contributed by atoms with Gasteiger partial charge in [-0.1, -0.05) is 0 Å². The summed E-state index contributed by atoms with van der Waals surface area (Å²) < 4.78 is 13.1. The van der Waals surface area contributed by atoms with Crippen molar-refractivity contribution in [1.29, 1.82) is 0 Å². The molecule has 5 N–H and O–H groups in total. The third kappa shape index (κ3) is 3.63. The second-order valence-corrected chi connectivity index (χ2v) is 7.56. The van der Waals surface area contributed by atoms with Crippen molar-refractivity contribution in [2.75, 3.05) is 6.54 Å². The molecule has 29 heavy (non-hydrogen) atoms. The molecule has 0 aliphatic carbocycles. The van der Waals surface area contributed by atoms with Gasteiger partial charge < -0.3 is 15.5 Å². The summed E-state index contributed by atoms with van der Waals surface area (Å²) in [4.78, 5) is 18.9. The number of aliphatic hydroxyl groups is 2. The molecule has 3 aromatic rings. The van der Waals surface area contributed by atoms with Gasteiger partial charge >= 0.3 is 0 Å². The number of aryl methyl sites for hydroxylation is 1. The average molecular weight is 419 g/mol. The van der Waals surface area contributed by atoms with Crippen molar-refractivity contribution in [2.24, 2.45) is 0 Å². The molecule has 1 aliphatic rings. The highest BCUT2D eigenvalue weighted by molar-refractivity contribution is 7.09. The number of hydrogen-bond donors (Lipinski definition) is 5. The number of amides is 1. The zero-order valence-electron chi connectivity index (χ0n) is 15.2. The van der Waals surface area contributed by atoms with E-state index >= 15 is 0 Å². The molecular formula is C17H18FN7O3S. The lowest BCUT2D eigenvalue weighted by Crippen LogP contribution is -2.53. The topological polar surface area (TPSA) is 137 Å². The van der Waals surface area contributed by atoms with Crippen molar-refractivity contribution in [2.45, 2.75) is 25.0 Å². The molecule has 2 aromatic heterocycles. The Bertz CT molecular complexity index is 1020. The SMILES string of the molecule is Cc1scnc1C1(CNC(O)c2cnn(-c3ccc(F)cc3)n2)NC(O)NC1=O. The Morgan fingerprint density at radius 3 is 2.79 bits per heavy atom. The van der Waals surface area contributed by atoms with E-state index in [-0.39, 0.29) is 18.1 Å². The number of thiazole rings is 1. The van der Waals surface area contributed by atoms with Gasteiger partial charge in [-0.2, -0.15) is 9.90 Å². The van der Waals surface area contributed by atoms with E-state index in [1.165, 1.54) is 46.6 Å². The third-order valence-electron chi connectivity index (χ3n) is 4.60. The fraction of sp³-hybridized carbons (Fsp3) is 0.294. The summed E-state index contributed by atoms with van der Waals surface area (Å²) in [7, 11) is 0. The molecule has 4 rings (SSSR count). The molecule has 0 saturated carbocycles. The van der Waals surface area contributed by atoms with Gasteiger partial charge in [-0.25, -0.2) is 9.37 Å². The normalized spacial score (nSPS) is 22.6. The summed E-state index contributed by atoms with van der Waals surface area (Å²) in [5.41, 5.74) is 1.46. The lowest BCUT2D eigenvalue weighted by Gasteiger charge is -2.27. The number of nitrogens with one attached hydrogen (secondary N) is 3. The fourth-order valence-electron chi connectivity index (χ4n) is 3.14. The first kappa shape index (κ1) is 19.5. The summed E-state index contributed by atoms with van der Waals surface area (Å²) in [6.45, 7) is 1.75. The summed E-state index contributed by atoms with van der Waals surface area (Å²) in [5.74, 6) is -0.844. The minimum absolute atomic E-state index is 0.0644. The number of carbonyl (C=O) groups excluding carboxylic acids is 1. The predicted molar refractivity (Wildman–Crippen MR) is 100 cm³/mol. The minimum Gasteiger partial charge on any atom is -0.373 e. The van der Waals surface area contributed by atoms with Crippen LogP contribution < -0.4 is 16.0 Å². The molecule has 1 saturated heterocycles. The second-order valence-electron chi connectivity index (χ2n) is 6.50. The maximum Gasteiger partial charge on any atom is 0.251 e. The second kappa shape index (κ2) is 7.57. The van der Waals surface area contributed by atoms with E-state index in [4.69, 9.17) is 0 Å². The zero-order chi connectivity index (χ0) is 20.6. The van der Waals surface area contributed by atoms with Crippen molar-refractivity contribution in [1.82, 2.24) is 35.9 Å². The number of aliphatic hydroxyl groups excluding tert-OH is 2. The number of nitrogens with zero attached hydrogens (tertiary/aromatic N) is 4. The number of rotatable bonds is 6. The maximum absolute atomic E-state index is 13.1. The summed E-state index contributed by atoms with van der Waals surface area (Å²) in [6.07, 6.45) is -1.12. The smallest absolute Gasteiger partial charge is 0.251 e. The summed E-state index contributed by atoms with van der Waals surface area (Å²) >= 11 is 1.37. The Hall–Kier alpha value is -2.77. The van der Waals surface area contributed by atoms with E-state index in [1.807, 2.05) is 6.92 Å². The maximum atomic E-state index is 13.1. The molecule has 0 bridgehead atoms. The Labute approximate surface area is 168 Å². The van der Waals surface area contributed by atoms with Crippen LogP contribution in [0.3, 0.4) is 0 Å². The minimum atomic E-state index is -1.35. The van der Waals surface area contributed by atoms with Gasteiger partial charge in [0.15, 0.2) is 18.1 Å². The van der Waals surface area contributed by atoms with Gasteiger partial charge in [0.1, 0.15) is 11.5 Å². The predicted octanol–water partition coefficient (Wildman–Crippen LogP) is -0.357. The molecule has 1 amide bonds. The zero-order valence-corrected chi connectivity index (χ0v) is 16.0. The van der Waals surface area contributed by atoms with Gasteiger partial charge in [-0.15, -0.1) is 16.4 Å². The van der Waals surface area contributed by atoms with Gasteiger partial charge in [-0.05, 0) is 31.2 Å². The largest absolute Gasteiger partial charge is 0.373 e. The summed E-state index contributed by atoms with van der Waals surface area (Å²) in [5, 5.41) is 36.6. The van der Waals surface area contributed by atoms with Gasteiger partial charge in [0, 0.05) is 11.4 Å². The van der Waals surface area contributed by atoms with Crippen molar-refractivity contribution < 1.29 is 19.4 Å². The van der Waals surface area contributed by atoms with E-state index in [0.29, 0.717) is 11.4 Å². The monoisotopic (exact) mass is 419 g/mol. The first-order valence-corrected chi connectivity index (χ1v) is 9.54. The van der Waals surface area contributed by atoms with Crippen LogP contribution in [-0.2, 0) is 10.3 Å². The molecule has 3 atom stereocenters. The molecule has 12 heteroatoms. The van der Waals surface area contributed by atoms with Crippen LogP contribution in [-0.4, -0.2) is 49.0 Å².